The second kappa shape index (κ2) is 9.10. The van der Waals surface area contributed by atoms with Crippen LogP contribution in [0.2, 0.25) is 0 Å². The number of anilines is 1. The first kappa shape index (κ1) is 20.2. The molecule has 3 rings (SSSR count). The number of aliphatic carboxylic acids is 1. The zero-order chi connectivity index (χ0) is 20.1. The molecule has 1 fully saturated rings. The van der Waals surface area contributed by atoms with E-state index in [1.165, 1.54) is 38.5 Å². The molecule has 28 heavy (non-hydrogen) atoms. The lowest BCUT2D eigenvalue weighted by molar-refractivity contribution is -0.139. The van der Waals surface area contributed by atoms with Gasteiger partial charge in [0.1, 0.15) is 5.75 Å². The molecule has 1 saturated carbocycles. The number of aromatic carboxylic acids is 1. The van der Waals surface area contributed by atoms with Gasteiger partial charge in [0.15, 0.2) is 11.5 Å². The van der Waals surface area contributed by atoms with Gasteiger partial charge >= 0.3 is 11.9 Å². The summed E-state index contributed by atoms with van der Waals surface area (Å²) in [5.41, 5.74) is 2.56. The predicted molar refractivity (Wildman–Crippen MR) is 110 cm³/mol. The van der Waals surface area contributed by atoms with E-state index in [0.717, 1.165) is 27.5 Å². The van der Waals surface area contributed by atoms with Gasteiger partial charge in [0.05, 0.1) is 0 Å². The van der Waals surface area contributed by atoms with Gasteiger partial charge in [-0.2, -0.15) is 0 Å². The quantitative estimate of drug-likeness (QED) is 0.562. The first-order valence-electron chi connectivity index (χ1n) is 9.54. The van der Waals surface area contributed by atoms with Crippen LogP contribution in [-0.2, 0) is 4.79 Å². The van der Waals surface area contributed by atoms with Crippen LogP contribution in [0.4, 0.5) is 5.69 Å². The maximum Gasteiger partial charge on any atom is 0.349 e. The summed E-state index contributed by atoms with van der Waals surface area (Å²) < 4.78 is 5.27. The monoisotopic (exact) mass is 403 g/mol. The van der Waals surface area contributed by atoms with Crippen molar-refractivity contribution in [3.8, 4) is 16.2 Å². The molecule has 1 aliphatic rings. The van der Waals surface area contributed by atoms with E-state index >= 15 is 0 Å². The number of carbonyl (C=O) groups is 2. The first-order valence-corrected chi connectivity index (χ1v) is 10.4. The summed E-state index contributed by atoms with van der Waals surface area (Å²) in [5.74, 6) is -2.12. The number of thiophene rings is 1. The number of hydrogen-bond acceptors (Lipinski definition) is 5. The Balaban J connectivity index is 1.87. The highest BCUT2D eigenvalue weighted by atomic mass is 32.1. The minimum Gasteiger partial charge on any atom is -0.480 e. The standard InChI is InChI=1S/C21H25NO5S/c1-13-18(27-12-17(23)24)20(21(25)26)28-19(13)14-7-6-10-16(11-14)22-15-8-4-2-3-5-9-15/h6-7,10-11,15,22H,2-5,8-9,12H2,1H3,(H,23,24)(H,25,26). The van der Waals surface area contributed by atoms with Crippen LogP contribution in [0.25, 0.3) is 10.4 Å². The third kappa shape index (κ3) is 4.84. The third-order valence-corrected chi connectivity index (χ3v) is 6.29. The minimum absolute atomic E-state index is 0.0240. The maximum atomic E-state index is 11.6. The van der Waals surface area contributed by atoms with E-state index in [4.69, 9.17) is 9.84 Å². The van der Waals surface area contributed by atoms with Gasteiger partial charge in [0.2, 0.25) is 0 Å². The summed E-state index contributed by atoms with van der Waals surface area (Å²) in [6.45, 7) is 1.20. The highest BCUT2D eigenvalue weighted by Crippen LogP contribution is 2.42. The van der Waals surface area contributed by atoms with Crippen molar-refractivity contribution < 1.29 is 24.5 Å². The summed E-state index contributed by atoms with van der Waals surface area (Å²) >= 11 is 1.11. The molecule has 150 valence electrons. The molecule has 6 nitrogen and oxygen atoms in total. The van der Waals surface area contributed by atoms with Crippen LogP contribution in [0.15, 0.2) is 24.3 Å². The average Bonchev–Trinajstić information content (AvgIpc) is 2.80. The second-order valence-electron chi connectivity index (χ2n) is 7.12. The van der Waals surface area contributed by atoms with E-state index in [-0.39, 0.29) is 10.6 Å². The van der Waals surface area contributed by atoms with E-state index in [1.807, 2.05) is 24.3 Å². The SMILES string of the molecule is Cc1c(-c2cccc(NC3CCCCCC3)c2)sc(C(=O)O)c1OCC(=O)O. The molecule has 0 spiro atoms. The Labute approximate surface area is 168 Å². The second-order valence-corrected chi connectivity index (χ2v) is 8.14. The molecule has 0 amide bonds. The van der Waals surface area contributed by atoms with Gasteiger partial charge in [-0.15, -0.1) is 11.3 Å². The van der Waals surface area contributed by atoms with Gasteiger partial charge < -0.3 is 20.3 Å². The highest BCUT2D eigenvalue weighted by Gasteiger charge is 2.23. The van der Waals surface area contributed by atoms with Crippen molar-refractivity contribution in [1.29, 1.82) is 0 Å². The van der Waals surface area contributed by atoms with Crippen LogP contribution >= 0.6 is 11.3 Å². The topological polar surface area (TPSA) is 95.9 Å². The van der Waals surface area contributed by atoms with Gasteiger partial charge in [-0.05, 0) is 37.5 Å². The Hall–Kier alpha value is -2.54. The summed E-state index contributed by atoms with van der Waals surface area (Å²) in [6, 6.07) is 8.40. The van der Waals surface area contributed by atoms with Crippen molar-refractivity contribution in [2.24, 2.45) is 0 Å². The molecule has 1 heterocycles. The largest absolute Gasteiger partial charge is 0.480 e. The fourth-order valence-electron chi connectivity index (χ4n) is 3.63. The summed E-state index contributed by atoms with van der Waals surface area (Å²) in [6.07, 6.45) is 7.41. The number of carboxylic acids is 2. The Kier molecular flexibility index (Phi) is 6.57. The molecule has 7 heteroatoms. The lowest BCUT2D eigenvalue weighted by atomic mass is 10.1. The minimum atomic E-state index is -1.14. The summed E-state index contributed by atoms with van der Waals surface area (Å²) in [5, 5.41) is 22.0. The zero-order valence-electron chi connectivity index (χ0n) is 15.9. The van der Waals surface area contributed by atoms with Crippen molar-refractivity contribution in [1.82, 2.24) is 0 Å². The van der Waals surface area contributed by atoms with Gasteiger partial charge in [0.25, 0.3) is 0 Å². The maximum absolute atomic E-state index is 11.6. The highest BCUT2D eigenvalue weighted by molar-refractivity contribution is 7.18. The number of ether oxygens (including phenoxy) is 1. The molecule has 1 aromatic heterocycles. The van der Waals surface area contributed by atoms with Crippen LogP contribution in [0.5, 0.6) is 5.75 Å². The molecule has 0 aliphatic heterocycles. The van der Waals surface area contributed by atoms with Crippen molar-refractivity contribution in [2.75, 3.05) is 11.9 Å². The Bertz CT molecular complexity index is 852. The predicted octanol–water partition coefficient (Wildman–Crippen LogP) is 5.02. The van der Waals surface area contributed by atoms with Crippen LogP contribution in [-0.4, -0.2) is 34.8 Å². The molecule has 0 saturated heterocycles. The Morgan fingerprint density at radius 1 is 1.18 bits per heavy atom. The fourth-order valence-corrected chi connectivity index (χ4v) is 4.72. The van der Waals surface area contributed by atoms with Crippen LogP contribution in [0.3, 0.4) is 0 Å². The lowest BCUT2D eigenvalue weighted by Gasteiger charge is -2.18. The van der Waals surface area contributed by atoms with Crippen molar-refractivity contribution in [3.63, 3.8) is 0 Å². The van der Waals surface area contributed by atoms with Crippen LogP contribution in [0.1, 0.15) is 53.8 Å². The van der Waals surface area contributed by atoms with Gasteiger partial charge in [-0.1, -0.05) is 37.8 Å². The summed E-state index contributed by atoms with van der Waals surface area (Å²) in [4.78, 5) is 23.2. The number of hydrogen-bond donors (Lipinski definition) is 3. The van der Waals surface area contributed by atoms with Crippen molar-refractivity contribution in [2.45, 2.75) is 51.5 Å². The lowest BCUT2D eigenvalue weighted by Crippen LogP contribution is -2.18. The fraction of sp³-hybridized carbons (Fsp3) is 0.429. The van der Waals surface area contributed by atoms with E-state index in [1.54, 1.807) is 6.92 Å². The Morgan fingerprint density at radius 2 is 1.89 bits per heavy atom. The molecule has 0 radical (unpaired) electrons. The molecule has 2 aromatic rings. The first-order chi connectivity index (χ1) is 13.5. The smallest absolute Gasteiger partial charge is 0.349 e. The number of carboxylic acid groups (broad SMARTS) is 2. The van der Waals surface area contributed by atoms with E-state index in [2.05, 4.69) is 5.32 Å². The van der Waals surface area contributed by atoms with Crippen LogP contribution in [0, 0.1) is 6.92 Å². The number of benzene rings is 1. The molecule has 1 aromatic carbocycles. The molecular formula is C21H25NO5S. The summed E-state index contributed by atoms with van der Waals surface area (Å²) in [7, 11) is 0. The molecule has 3 N–H and O–H groups in total. The van der Waals surface area contributed by atoms with Crippen molar-refractivity contribution >= 4 is 29.0 Å². The molecular weight excluding hydrogens is 378 g/mol. The van der Waals surface area contributed by atoms with E-state index in [0.29, 0.717) is 11.6 Å². The zero-order valence-corrected chi connectivity index (χ0v) is 16.7. The molecule has 0 unspecified atom stereocenters. The number of rotatable bonds is 7. The number of nitrogens with one attached hydrogen (secondary N) is 1. The third-order valence-electron chi connectivity index (χ3n) is 4.98. The van der Waals surface area contributed by atoms with E-state index in [9.17, 15) is 14.7 Å². The van der Waals surface area contributed by atoms with Crippen LogP contribution < -0.4 is 10.1 Å². The van der Waals surface area contributed by atoms with Crippen molar-refractivity contribution in [3.05, 3.63) is 34.7 Å². The molecule has 0 atom stereocenters. The molecule has 1 aliphatic carbocycles. The van der Waals surface area contributed by atoms with Gasteiger partial charge in [-0.25, -0.2) is 9.59 Å². The van der Waals surface area contributed by atoms with Gasteiger partial charge in [-0.3, -0.25) is 0 Å². The van der Waals surface area contributed by atoms with Gasteiger partial charge in [0, 0.05) is 22.2 Å². The molecule has 0 bridgehead atoms. The Morgan fingerprint density at radius 3 is 2.54 bits per heavy atom. The normalized spacial score (nSPS) is 15.0. The average molecular weight is 404 g/mol. The van der Waals surface area contributed by atoms with E-state index < -0.39 is 18.5 Å².